The molecule has 1 aromatic carbocycles. The summed E-state index contributed by atoms with van der Waals surface area (Å²) in [5, 5.41) is 17.6. The number of anilines is 1. The van der Waals surface area contributed by atoms with E-state index in [1.807, 2.05) is 24.3 Å². The fraction of sp³-hybridized carbons (Fsp3) is 0.316. The fourth-order valence-electron chi connectivity index (χ4n) is 3.28. The van der Waals surface area contributed by atoms with Gasteiger partial charge in [-0.25, -0.2) is 4.68 Å². The summed E-state index contributed by atoms with van der Waals surface area (Å²) in [6, 6.07) is 9.55. The van der Waals surface area contributed by atoms with Crippen molar-refractivity contribution in [3.63, 3.8) is 0 Å². The molecule has 0 aliphatic carbocycles. The summed E-state index contributed by atoms with van der Waals surface area (Å²) in [5.41, 5.74) is 1.52. The number of fused-ring (bicyclic) bond motifs is 1. The first-order valence-corrected chi connectivity index (χ1v) is 9.25. The fourth-order valence-corrected chi connectivity index (χ4v) is 3.28. The Labute approximate surface area is 185 Å². The van der Waals surface area contributed by atoms with Crippen molar-refractivity contribution in [1.29, 1.82) is 0 Å². The Hall–Kier alpha value is -2.75. The molecule has 0 radical (unpaired) electrons. The number of carbonyl (C=O) groups excluding carboxylic acids is 2. The van der Waals surface area contributed by atoms with Crippen LogP contribution in [0.5, 0.6) is 0 Å². The lowest BCUT2D eigenvalue weighted by Gasteiger charge is -2.22. The number of benzene rings is 1. The van der Waals surface area contributed by atoms with Gasteiger partial charge in [0.1, 0.15) is 0 Å². The highest BCUT2D eigenvalue weighted by Crippen LogP contribution is 2.20. The van der Waals surface area contributed by atoms with Gasteiger partial charge < -0.3 is 16.0 Å². The first-order chi connectivity index (χ1) is 13.7. The van der Waals surface area contributed by atoms with Crippen molar-refractivity contribution in [1.82, 2.24) is 30.6 Å². The van der Waals surface area contributed by atoms with E-state index in [2.05, 4.69) is 31.2 Å². The molecular weight excluding hydrogens is 429 g/mol. The van der Waals surface area contributed by atoms with Crippen molar-refractivity contribution in [2.45, 2.75) is 18.9 Å². The highest BCUT2D eigenvalue weighted by molar-refractivity contribution is 6.02. The molecule has 0 bridgehead atoms. The number of hydrogen-bond acceptors (Lipinski definition) is 6. The summed E-state index contributed by atoms with van der Waals surface area (Å²) in [6.07, 6.45) is 5.21. The van der Waals surface area contributed by atoms with Crippen LogP contribution in [0.3, 0.4) is 0 Å². The minimum Gasteiger partial charge on any atom is -0.342 e. The van der Waals surface area contributed by atoms with Gasteiger partial charge >= 0.3 is 0 Å². The zero-order chi connectivity index (χ0) is 19.3. The molecule has 30 heavy (non-hydrogen) atoms. The molecule has 2 amide bonds. The van der Waals surface area contributed by atoms with Crippen LogP contribution in [0.25, 0.3) is 10.9 Å². The molecule has 4 rings (SSSR count). The number of carbonyl (C=O) groups is 2. The monoisotopic (exact) mass is 451 g/mol. The van der Waals surface area contributed by atoms with Crippen molar-refractivity contribution in [2.24, 2.45) is 0 Å². The van der Waals surface area contributed by atoms with E-state index < -0.39 is 5.91 Å². The Morgan fingerprint density at radius 2 is 1.90 bits per heavy atom. The van der Waals surface area contributed by atoms with E-state index in [9.17, 15) is 9.59 Å². The van der Waals surface area contributed by atoms with Crippen molar-refractivity contribution in [3.05, 3.63) is 48.4 Å². The quantitative estimate of drug-likeness (QED) is 0.546. The second-order valence-electron chi connectivity index (χ2n) is 6.68. The maximum Gasteiger partial charge on any atom is 0.273 e. The third-order valence-corrected chi connectivity index (χ3v) is 4.74. The minimum atomic E-state index is -0.425. The predicted octanol–water partition coefficient (Wildman–Crippen LogP) is 1.96. The van der Waals surface area contributed by atoms with E-state index in [4.69, 9.17) is 0 Å². The largest absolute Gasteiger partial charge is 0.342 e. The first-order valence-electron chi connectivity index (χ1n) is 9.25. The highest BCUT2D eigenvalue weighted by Gasteiger charge is 2.19. The average molecular weight is 452 g/mol. The third kappa shape index (κ3) is 5.44. The molecule has 3 heterocycles. The average Bonchev–Trinajstić information content (AvgIpc) is 3.23. The molecule has 1 saturated heterocycles. The second kappa shape index (κ2) is 10.9. The van der Waals surface area contributed by atoms with E-state index in [1.54, 1.807) is 23.1 Å². The van der Waals surface area contributed by atoms with Crippen molar-refractivity contribution in [2.75, 3.05) is 25.0 Å². The van der Waals surface area contributed by atoms with Gasteiger partial charge in [0, 0.05) is 11.6 Å². The molecule has 0 atom stereocenters. The molecule has 1 fully saturated rings. The molecule has 9 nitrogen and oxygen atoms in total. The van der Waals surface area contributed by atoms with Crippen LogP contribution in [-0.4, -0.2) is 51.4 Å². The lowest BCUT2D eigenvalue weighted by molar-refractivity contribution is -0.115. The van der Waals surface area contributed by atoms with Crippen LogP contribution in [-0.2, 0) is 4.79 Å². The summed E-state index contributed by atoms with van der Waals surface area (Å²) in [7, 11) is 0. The number of aromatic nitrogens is 4. The lowest BCUT2D eigenvalue weighted by atomic mass is 10.1. The number of rotatable bonds is 5. The van der Waals surface area contributed by atoms with Crippen LogP contribution < -0.4 is 16.0 Å². The number of amides is 2. The summed E-state index contributed by atoms with van der Waals surface area (Å²) in [5.74, 6) is -0.761. The molecule has 11 heteroatoms. The van der Waals surface area contributed by atoms with Crippen LogP contribution in [0.1, 0.15) is 29.4 Å². The number of piperidine rings is 1. The van der Waals surface area contributed by atoms with Crippen molar-refractivity contribution < 1.29 is 9.59 Å². The molecule has 0 unspecified atom stereocenters. The SMILES string of the molecule is Cl.Cl.O=C(CNC(=O)c1cn(C2CCNCC2)nn1)Nc1cccc2cccnc12. The third-order valence-electron chi connectivity index (χ3n) is 4.74. The highest BCUT2D eigenvalue weighted by atomic mass is 35.5. The van der Waals surface area contributed by atoms with Gasteiger partial charge in [0.2, 0.25) is 5.91 Å². The number of pyridine rings is 1. The van der Waals surface area contributed by atoms with E-state index >= 15 is 0 Å². The lowest BCUT2D eigenvalue weighted by Crippen LogP contribution is -2.33. The molecule has 0 spiro atoms. The maximum atomic E-state index is 12.3. The summed E-state index contributed by atoms with van der Waals surface area (Å²) >= 11 is 0. The van der Waals surface area contributed by atoms with Gasteiger partial charge in [-0.15, -0.1) is 29.9 Å². The van der Waals surface area contributed by atoms with Crippen molar-refractivity contribution in [3.8, 4) is 0 Å². The van der Waals surface area contributed by atoms with Gasteiger partial charge in [-0.05, 0) is 38.1 Å². The summed E-state index contributed by atoms with van der Waals surface area (Å²) in [4.78, 5) is 28.8. The van der Waals surface area contributed by atoms with Gasteiger partial charge in [-0.2, -0.15) is 0 Å². The van der Waals surface area contributed by atoms with Gasteiger partial charge in [0.25, 0.3) is 5.91 Å². The van der Waals surface area contributed by atoms with E-state index in [0.717, 1.165) is 31.3 Å². The summed E-state index contributed by atoms with van der Waals surface area (Å²) in [6.45, 7) is 1.69. The Morgan fingerprint density at radius 3 is 2.70 bits per heavy atom. The number of para-hydroxylation sites is 1. The van der Waals surface area contributed by atoms with E-state index in [0.29, 0.717) is 11.2 Å². The normalized spacial score (nSPS) is 13.7. The zero-order valence-electron chi connectivity index (χ0n) is 16.1. The Kier molecular flexibility index (Phi) is 8.52. The smallest absolute Gasteiger partial charge is 0.273 e. The topological polar surface area (TPSA) is 114 Å². The molecule has 1 aliphatic rings. The van der Waals surface area contributed by atoms with Gasteiger partial charge in [-0.1, -0.05) is 23.4 Å². The standard InChI is InChI=1S/C19H21N7O2.2ClH/c27-17(23-15-5-1-3-13-4-2-8-21-18(13)15)11-22-19(28)16-12-26(25-24-16)14-6-9-20-10-7-14;;/h1-5,8,12,14,20H,6-7,9-11H2,(H,22,28)(H,23,27);2*1H. The molecule has 2 aromatic heterocycles. The van der Waals surface area contributed by atoms with Gasteiger partial charge in [0.05, 0.1) is 30.0 Å². The zero-order valence-corrected chi connectivity index (χ0v) is 17.7. The van der Waals surface area contributed by atoms with Crippen LogP contribution in [0, 0.1) is 0 Å². The molecule has 160 valence electrons. The van der Waals surface area contributed by atoms with Crippen LogP contribution in [0.15, 0.2) is 42.7 Å². The Bertz CT molecular complexity index is 1000. The first kappa shape index (κ1) is 23.5. The molecule has 1 aliphatic heterocycles. The van der Waals surface area contributed by atoms with Crippen LogP contribution in [0.4, 0.5) is 5.69 Å². The maximum absolute atomic E-state index is 12.3. The number of nitrogens with zero attached hydrogens (tertiary/aromatic N) is 4. The van der Waals surface area contributed by atoms with E-state index in [1.165, 1.54) is 0 Å². The van der Waals surface area contributed by atoms with Gasteiger partial charge in [-0.3, -0.25) is 14.6 Å². The predicted molar refractivity (Wildman–Crippen MR) is 118 cm³/mol. The second-order valence-corrected chi connectivity index (χ2v) is 6.68. The minimum absolute atomic E-state index is 0. The molecular formula is C19H23Cl2N7O2. The Balaban J connectivity index is 0.00000160. The van der Waals surface area contributed by atoms with Crippen molar-refractivity contribution >= 4 is 53.2 Å². The molecule has 3 aromatic rings. The van der Waals surface area contributed by atoms with E-state index in [-0.39, 0.29) is 49.0 Å². The molecule has 0 saturated carbocycles. The van der Waals surface area contributed by atoms with Crippen LogP contribution in [0.2, 0.25) is 0 Å². The summed E-state index contributed by atoms with van der Waals surface area (Å²) < 4.78 is 1.73. The Morgan fingerprint density at radius 1 is 1.13 bits per heavy atom. The van der Waals surface area contributed by atoms with Crippen LogP contribution >= 0.6 is 24.8 Å². The number of nitrogens with one attached hydrogen (secondary N) is 3. The number of hydrogen-bond donors (Lipinski definition) is 3. The number of halogens is 2. The molecule has 3 N–H and O–H groups in total. The van der Waals surface area contributed by atoms with Gasteiger partial charge in [0.15, 0.2) is 5.69 Å².